The van der Waals surface area contributed by atoms with E-state index in [1.807, 2.05) is 42.5 Å². The van der Waals surface area contributed by atoms with Gasteiger partial charge in [0, 0.05) is 47.4 Å². The molecule has 0 saturated carbocycles. The number of carboxylic acid groups (broad SMARTS) is 1. The summed E-state index contributed by atoms with van der Waals surface area (Å²) >= 11 is 12.9. The Bertz CT molecular complexity index is 1420. The molecular weight excluding hydrogens is 507 g/mol. The van der Waals surface area contributed by atoms with Crippen LogP contribution in [-0.4, -0.2) is 21.8 Å². The Labute approximate surface area is 226 Å². The van der Waals surface area contributed by atoms with E-state index < -0.39 is 5.97 Å². The maximum Gasteiger partial charge on any atom is 0.303 e. The van der Waals surface area contributed by atoms with Gasteiger partial charge in [0.05, 0.1) is 5.02 Å². The minimum Gasteiger partial charge on any atom is -0.481 e. The van der Waals surface area contributed by atoms with Gasteiger partial charge in [0.25, 0.3) is 0 Å². The molecule has 1 heterocycles. The van der Waals surface area contributed by atoms with E-state index >= 15 is 0 Å². The molecule has 0 aliphatic heterocycles. The molecule has 3 aromatic carbocycles. The van der Waals surface area contributed by atoms with Crippen molar-refractivity contribution in [1.82, 2.24) is 4.98 Å². The minimum absolute atomic E-state index is 0.0391. The first-order valence-corrected chi connectivity index (χ1v) is 12.7. The number of benzene rings is 3. The average Bonchev–Trinajstić information content (AvgIpc) is 2.88. The lowest BCUT2D eigenvalue weighted by atomic mass is 10.00. The molecule has 7 heteroatoms. The lowest BCUT2D eigenvalue weighted by Gasteiger charge is -2.14. The van der Waals surface area contributed by atoms with Crippen LogP contribution in [0.3, 0.4) is 0 Å². The Hall–Kier alpha value is -3.67. The smallest absolute Gasteiger partial charge is 0.303 e. The number of halogens is 2. The number of ketones is 1. The summed E-state index contributed by atoms with van der Waals surface area (Å²) in [6, 6.07) is 23.3. The topological polar surface area (TPSA) is 79.3 Å². The second kappa shape index (κ2) is 12.0. The van der Waals surface area contributed by atoms with E-state index in [2.05, 4.69) is 41.5 Å². The lowest BCUT2D eigenvalue weighted by molar-refractivity contribution is -0.137. The van der Waals surface area contributed by atoms with E-state index in [4.69, 9.17) is 28.3 Å². The molecular formula is C30H26Cl2N2O3. The molecule has 0 spiro atoms. The van der Waals surface area contributed by atoms with Crippen molar-refractivity contribution in [1.29, 1.82) is 0 Å². The number of aliphatic carboxylic acids is 1. The molecule has 1 aromatic heterocycles. The quantitative estimate of drug-likeness (QED) is 0.202. The van der Waals surface area contributed by atoms with E-state index in [1.165, 1.54) is 5.56 Å². The van der Waals surface area contributed by atoms with Gasteiger partial charge in [-0.05, 0) is 60.4 Å². The second-order valence-corrected chi connectivity index (χ2v) is 9.66. The molecule has 0 unspecified atom stereocenters. The first kappa shape index (κ1) is 26.4. The number of hydrogen-bond donors (Lipinski definition) is 2. The summed E-state index contributed by atoms with van der Waals surface area (Å²) in [6.45, 7) is 2.58. The van der Waals surface area contributed by atoms with Crippen molar-refractivity contribution in [2.45, 2.75) is 32.7 Å². The number of rotatable bonds is 10. The molecule has 0 aliphatic carbocycles. The summed E-state index contributed by atoms with van der Waals surface area (Å²) in [5, 5.41) is 13.4. The number of aromatic nitrogens is 1. The number of carbonyl (C=O) groups is 2. The first-order valence-electron chi connectivity index (χ1n) is 11.9. The predicted octanol–water partition coefficient (Wildman–Crippen LogP) is 8.08. The van der Waals surface area contributed by atoms with E-state index in [1.54, 1.807) is 12.3 Å². The number of aryl methyl sites for hydroxylation is 1. The third-order valence-corrected chi connectivity index (χ3v) is 6.59. The standard InChI is InChI=1S/C30H26Cl2N2O3/c1-19-5-7-20(8-6-19)25-13-12-24(16-27(25)32)33-17-21-9-11-23(31)15-26(21)22-10-14-28(34-18-22)29(35)3-2-4-30(36)37/h5-16,18,33H,2-4,17H2,1H3,(H,36,37). The zero-order valence-electron chi connectivity index (χ0n) is 20.3. The molecule has 37 heavy (non-hydrogen) atoms. The number of hydrogen-bond acceptors (Lipinski definition) is 4. The van der Waals surface area contributed by atoms with Crippen molar-refractivity contribution in [2.24, 2.45) is 0 Å². The highest BCUT2D eigenvalue weighted by Gasteiger charge is 2.12. The Balaban J connectivity index is 1.48. The number of pyridine rings is 1. The van der Waals surface area contributed by atoms with Crippen LogP contribution in [0.15, 0.2) is 79.0 Å². The second-order valence-electron chi connectivity index (χ2n) is 8.82. The van der Waals surface area contributed by atoms with Gasteiger partial charge in [0.15, 0.2) is 5.78 Å². The molecule has 0 amide bonds. The summed E-state index contributed by atoms with van der Waals surface area (Å²) in [4.78, 5) is 27.3. The number of carbonyl (C=O) groups excluding carboxylic acids is 1. The number of nitrogens with zero attached hydrogens (tertiary/aromatic N) is 1. The van der Waals surface area contributed by atoms with E-state index in [-0.39, 0.29) is 25.0 Å². The van der Waals surface area contributed by atoms with Crippen molar-refractivity contribution in [2.75, 3.05) is 5.32 Å². The highest BCUT2D eigenvalue weighted by atomic mass is 35.5. The number of Topliss-reactive ketones (excluding diaryl/α,β-unsaturated/α-hetero) is 1. The van der Waals surface area contributed by atoms with Gasteiger partial charge in [0.2, 0.25) is 0 Å². The molecule has 0 saturated heterocycles. The maximum atomic E-state index is 12.3. The van der Waals surface area contributed by atoms with E-state index in [0.717, 1.165) is 33.5 Å². The molecule has 0 radical (unpaired) electrons. The van der Waals surface area contributed by atoms with Gasteiger partial charge in [-0.3, -0.25) is 14.6 Å². The third kappa shape index (κ3) is 6.97. The zero-order valence-corrected chi connectivity index (χ0v) is 21.8. The van der Waals surface area contributed by atoms with Crippen LogP contribution in [0.5, 0.6) is 0 Å². The normalized spacial score (nSPS) is 10.8. The van der Waals surface area contributed by atoms with Crippen molar-refractivity contribution in [3.05, 3.63) is 106 Å². The van der Waals surface area contributed by atoms with Crippen LogP contribution in [0.4, 0.5) is 5.69 Å². The zero-order chi connectivity index (χ0) is 26.4. The summed E-state index contributed by atoms with van der Waals surface area (Å²) in [5.74, 6) is -1.09. The van der Waals surface area contributed by atoms with Crippen LogP contribution in [0, 0.1) is 6.92 Å². The molecule has 5 nitrogen and oxygen atoms in total. The van der Waals surface area contributed by atoms with Crippen LogP contribution in [0.2, 0.25) is 10.0 Å². The van der Waals surface area contributed by atoms with Gasteiger partial charge < -0.3 is 10.4 Å². The van der Waals surface area contributed by atoms with Gasteiger partial charge in [-0.1, -0.05) is 71.2 Å². The largest absolute Gasteiger partial charge is 0.481 e. The van der Waals surface area contributed by atoms with E-state index in [9.17, 15) is 9.59 Å². The molecule has 2 N–H and O–H groups in total. The third-order valence-electron chi connectivity index (χ3n) is 6.04. The maximum absolute atomic E-state index is 12.3. The molecule has 188 valence electrons. The lowest BCUT2D eigenvalue weighted by Crippen LogP contribution is -2.04. The molecule has 4 rings (SSSR count). The van der Waals surface area contributed by atoms with Crippen LogP contribution < -0.4 is 5.32 Å². The Kier molecular flexibility index (Phi) is 8.59. The summed E-state index contributed by atoms with van der Waals surface area (Å²) < 4.78 is 0. The average molecular weight is 533 g/mol. The van der Waals surface area contributed by atoms with Gasteiger partial charge >= 0.3 is 5.97 Å². The van der Waals surface area contributed by atoms with Crippen molar-refractivity contribution >= 4 is 40.6 Å². The molecule has 0 fully saturated rings. The number of anilines is 1. The first-order chi connectivity index (χ1) is 17.8. The fraction of sp³-hybridized carbons (Fsp3) is 0.167. The van der Waals surface area contributed by atoms with Crippen LogP contribution in [-0.2, 0) is 11.3 Å². The van der Waals surface area contributed by atoms with Gasteiger partial charge in [0.1, 0.15) is 5.69 Å². The SMILES string of the molecule is Cc1ccc(-c2ccc(NCc3ccc(Cl)cc3-c3ccc(C(=O)CCCC(=O)O)nc3)cc2Cl)cc1. The van der Waals surface area contributed by atoms with E-state index in [0.29, 0.717) is 22.3 Å². The highest BCUT2D eigenvalue weighted by Crippen LogP contribution is 2.32. The van der Waals surface area contributed by atoms with Crippen molar-refractivity contribution in [3.8, 4) is 22.3 Å². The molecule has 0 aliphatic rings. The predicted molar refractivity (Wildman–Crippen MR) is 149 cm³/mol. The van der Waals surface area contributed by atoms with Gasteiger partial charge in [-0.2, -0.15) is 0 Å². The molecule has 0 atom stereocenters. The highest BCUT2D eigenvalue weighted by molar-refractivity contribution is 6.33. The molecule has 0 bridgehead atoms. The summed E-state index contributed by atoms with van der Waals surface area (Å²) in [7, 11) is 0. The minimum atomic E-state index is -0.914. The van der Waals surface area contributed by atoms with Crippen molar-refractivity contribution < 1.29 is 14.7 Å². The Morgan fingerprint density at radius 2 is 1.62 bits per heavy atom. The summed E-state index contributed by atoms with van der Waals surface area (Å²) in [5.41, 5.74) is 7.19. The Morgan fingerprint density at radius 1 is 0.865 bits per heavy atom. The Morgan fingerprint density at radius 3 is 2.30 bits per heavy atom. The molecule has 4 aromatic rings. The fourth-order valence-corrected chi connectivity index (χ4v) is 4.47. The number of carboxylic acids is 1. The fourth-order valence-electron chi connectivity index (χ4n) is 4.01. The summed E-state index contributed by atoms with van der Waals surface area (Å²) in [6.07, 6.45) is 2.05. The monoisotopic (exact) mass is 532 g/mol. The van der Waals surface area contributed by atoms with Gasteiger partial charge in [-0.25, -0.2) is 0 Å². The number of nitrogens with one attached hydrogen (secondary N) is 1. The van der Waals surface area contributed by atoms with Crippen LogP contribution >= 0.6 is 23.2 Å². The van der Waals surface area contributed by atoms with Crippen molar-refractivity contribution in [3.63, 3.8) is 0 Å². The van der Waals surface area contributed by atoms with Crippen LogP contribution in [0.1, 0.15) is 40.9 Å². The van der Waals surface area contributed by atoms with Gasteiger partial charge in [-0.15, -0.1) is 0 Å². The van der Waals surface area contributed by atoms with Crippen LogP contribution in [0.25, 0.3) is 22.3 Å².